The van der Waals surface area contributed by atoms with Crippen molar-refractivity contribution >= 4 is 10.1 Å². The van der Waals surface area contributed by atoms with E-state index in [9.17, 15) is 8.42 Å². The second-order valence-electron chi connectivity index (χ2n) is 3.19. The molecule has 0 unspecified atom stereocenters. The first kappa shape index (κ1) is 11.8. The summed E-state index contributed by atoms with van der Waals surface area (Å²) in [5.74, 6) is 5.47. The summed E-state index contributed by atoms with van der Waals surface area (Å²) in [6.45, 7) is 3.54. The molecule has 0 aliphatic carbocycles. The van der Waals surface area contributed by atoms with Gasteiger partial charge in [-0.15, -0.1) is 5.92 Å². The number of aryl methyl sites for hydroxylation is 1. The van der Waals surface area contributed by atoms with Gasteiger partial charge in [-0.3, -0.25) is 4.55 Å². The largest absolute Gasteiger partial charge is 0.294 e. The molecule has 0 aliphatic heterocycles. The summed E-state index contributed by atoms with van der Waals surface area (Å²) in [6.07, 6.45) is 0.327. The summed E-state index contributed by atoms with van der Waals surface area (Å²) in [6, 6.07) is 4.76. The molecule has 0 amide bonds. The molecule has 1 aromatic carbocycles. The Kier molecular flexibility index (Phi) is 3.51. The Morgan fingerprint density at radius 2 is 2.07 bits per heavy atom. The van der Waals surface area contributed by atoms with E-state index in [4.69, 9.17) is 4.55 Å². The van der Waals surface area contributed by atoms with Crippen molar-refractivity contribution < 1.29 is 13.0 Å². The third-order valence-corrected chi connectivity index (χ3v) is 2.90. The first-order valence-corrected chi connectivity index (χ1v) is 5.86. The standard InChI is InChI=1S/C11H12O3S/c1-3-4-5-10-8-9(2)6-7-11(10)15(12,13)14/h6-8H,5H2,1-2H3,(H,12,13,14). The Morgan fingerprint density at radius 3 is 2.60 bits per heavy atom. The normalized spacial score (nSPS) is 10.6. The maximum Gasteiger partial charge on any atom is 0.294 e. The van der Waals surface area contributed by atoms with Crippen molar-refractivity contribution in [3.05, 3.63) is 29.3 Å². The van der Waals surface area contributed by atoms with E-state index >= 15 is 0 Å². The minimum atomic E-state index is -4.15. The Balaban J connectivity index is 3.31. The fourth-order valence-corrected chi connectivity index (χ4v) is 1.98. The smallest absolute Gasteiger partial charge is 0.282 e. The van der Waals surface area contributed by atoms with Crippen LogP contribution >= 0.6 is 0 Å². The van der Waals surface area contributed by atoms with Crippen molar-refractivity contribution in [2.45, 2.75) is 25.2 Å². The molecule has 0 fully saturated rings. The summed E-state index contributed by atoms with van der Waals surface area (Å²) in [5.41, 5.74) is 1.47. The van der Waals surface area contributed by atoms with Crippen molar-refractivity contribution in [1.82, 2.24) is 0 Å². The van der Waals surface area contributed by atoms with Crippen LogP contribution in [0.5, 0.6) is 0 Å². The summed E-state index contributed by atoms with van der Waals surface area (Å²) in [7, 11) is -4.15. The molecule has 0 radical (unpaired) electrons. The molecule has 80 valence electrons. The number of rotatable bonds is 2. The molecular formula is C11H12O3S. The summed E-state index contributed by atoms with van der Waals surface area (Å²) in [5, 5.41) is 0. The second kappa shape index (κ2) is 4.47. The Bertz CT molecular complexity index is 518. The zero-order valence-corrected chi connectivity index (χ0v) is 9.43. The summed E-state index contributed by atoms with van der Waals surface area (Å²) >= 11 is 0. The van der Waals surface area contributed by atoms with Crippen LogP contribution in [0.4, 0.5) is 0 Å². The maximum absolute atomic E-state index is 11.0. The number of hydrogen-bond donors (Lipinski definition) is 1. The third-order valence-electron chi connectivity index (χ3n) is 1.95. The van der Waals surface area contributed by atoms with Crippen LogP contribution in [0.25, 0.3) is 0 Å². The van der Waals surface area contributed by atoms with Gasteiger partial charge in [0.05, 0.1) is 4.90 Å². The molecule has 3 nitrogen and oxygen atoms in total. The van der Waals surface area contributed by atoms with Crippen molar-refractivity contribution in [2.75, 3.05) is 0 Å². The first-order valence-electron chi connectivity index (χ1n) is 4.42. The quantitative estimate of drug-likeness (QED) is 0.615. The lowest BCUT2D eigenvalue weighted by Crippen LogP contribution is -2.03. The summed E-state index contributed by atoms with van der Waals surface area (Å²) < 4.78 is 31.1. The van der Waals surface area contributed by atoms with E-state index in [1.807, 2.05) is 6.92 Å². The molecule has 0 saturated carbocycles. The monoisotopic (exact) mass is 224 g/mol. The van der Waals surface area contributed by atoms with Gasteiger partial charge in [0, 0.05) is 6.42 Å². The van der Waals surface area contributed by atoms with Crippen LogP contribution in [0.15, 0.2) is 23.1 Å². The zero-order valence-electron chi connectivity index (χ0n) is 8.61. The molecule has 0 heterocycles. The minimum Gasteiger partial charge on any atom is -0.282 e. The van der Waals surface area contributed by atoms with E-state index in [1.54, 1.807) is 19.1 Å². The SMILES string of the molecule is CC#CCc1cc(C)ccc1S(=O)(=O)O. The Hall–Kier alpha value is -1.31. The average Bonchev–Trinajstić information content (AvgIpc) is 2.12. The molecule has 1 rings (SSSR count). The van der Waals surface area contributed by atoms with Crippen LogP contribution in [0.3, 0.4) is 0 Å². The van der Waals surface area contributed by atoms with Gasteiger partial charge in [-0.25, -0.2) is 0 Å². The third kappa shape index (κ3) is 3.08. The molecule has 0 bridgehead atoms. The molecule has 4 heteroatoms. The lowest BCUT2D eigenvalue weighted by Gasteiger charge is -2.04. The topological polar surface area (TPSA) is 54.4 Å². The lowest BCUT2D eigenvalue weighted by molar-refractivity contribution is 0.482. The zero-order chi connectivity index (χ0) is 11.5. The second-order valence-corrected chi connectivity index (χ2v) is 4.58. The molecule has 0 saturated heterocycles. The average molecular weight is 224 g/mol. The highest BCUT2D eigenvalue weighted by Gasteiger charge is 2.14. The minimum absolute atomic E-state index is 0.0594. The van der Waals surface area contributed by atoms with Crippen molar-refractivity contribution in [3.8, 4) is 11.8 Å². The van der Waals surface area contributed by atoms with Crippen molar-refractivity contribution in [3.63, 3.8) is 0 Å². The summed E-state index contributed by atoms with van der Waals surface area (Å²) in [4.78, 5) is -0.0594. The van der Waals surface area contributed by atoms with Crippen molar-refractivity contribution in [1.29, 1.82) is 0 Å². The number of benzene rings is 1. The van der Waals surface area contributed by atoms with E-state index in [0.29, 0.717) is 12.0 Å². The molecule has 1 aromatic rings. The molecule has 0 aliphatic rings. The van der Waals surface area contributed by atoms with Gasteiger partial charge in [-0.05, 0) is 25.5 Å². The highest BCUT2D eigenvalue weighted by Crippen LogP contribution is 2.17. The number of hydrogen-bond acceptors (Lipinski definition) is 2. The van der Waals surface area contributed by atoms with Gasteiger partial charge < -0.3 is 0 Å². The fraction of sp³-hybridized carbons (Fsp3) is 0.273. The van der Waals surface area contributed by atoms with Gasteiger partial charge in [0.1, 0.15) is 0 Å². The van der Waals surface area contributed by atoms with Gasteiger partial charge in [0.2, 0.25) is 0 Å². The van der Waals surface area contributed by atoms with Crippen LogP contribution in [0, 0.1) is 18.8 Å². The van der Waals surface area contributed by atoms with Crippen molar-refractivity contribution in [2.24, 2.45) is 0 Å². The predicted molar refractivity (Wildman–Crippen MR) is 58.1 cm³/mol. The Morgan fingerprint density at radius 1 is 1.40 bits per heavy atom. The van der Waals surface area contributed by atoms with E-state index in [2.05, 4.69) is 11.8 Å². The molecule has 1 N–H and O–H groups in total. The molecule has 0 aromatic heterocycles. The highest BCUT2D eigenvalue weighted by molar-refractivity contribution is 7.85. The predicted octanol–water partition coefficient (Wildman–Crippen LogP) is 1.81. The van der Waals surface area contributed by atoms with E-state index < -0.39 is 10.1 Å². The highest BCUT2D eigenvalue weighted by atomic mass is 32.2. The maximum atomic E-state index is 11.0. The van der Waals surface area contributed by atoms with Crippen LogP contribution in [0.2, 0.25) is 0 Å². The van der Waals surface area contributed by atoms with Crippen LogP contribution in [-0.4, -0.2) is 13.0 Å². The van der Waals surface area contributed by atoms with E-state index in [-0.39, 0.29) is 4.90 Å². The van der Waals surface area contributed by atoms with Gasteiger partial charge in [0.25, 0.3) is 10.1 Å². The van der Waals surface area contributed by atoms with Gasteiger partial charge in [0.15, 0.2) is 0 Å². The lowest BCUT2D eigenvalue weighted by atomic mass is 10.1. The first-order chi connectivity index (χ1) is 6.95. The van der Waals surface area contributed by atoms with Gasteiger partial charge in [-0.1, -0.05) is 23.6 Å². The van der Waals surface area contributed by atoms with E-state index in [0.717, 1.165) is 5.56 Å². The van der Waals surface area contributed by atoms with Gasteiger partial charge >= 0.3 is 0 Å². The van der Waals surface area contributed by atoms with Crippen LogP contribution in [0.1, 0.15) is 18.1 Å². The Labute approximate surface area is 89.9 Å². The molecule has 15 heavy (non-hydrogen) atoms. The fourth-order valence-electron chi connectivity index (χ4n) is 1.28. The van der Waals surface area contributed by atoms with Gasteiger partial charge in [-0.2, -0.15) is 8.42 Å². The molecular weight excluding hydrogens is 212 g/mol. The molecule has 0 atom stereocenters. The molecule has 0 spiro atoms. The van der Waals surface area contributed by atoms with Crippen LogP contribution in [-0.2, 0) is 16.5 Å². The van der Waals surface area contributed by atoms with E-state index in [1.165, 1.54) is 6.07 Å². The van der Waals surface area contributed by atoms with Crippen LogP contribution < -0.4 is 0 Å².